The lowest BCUT2D eigenvalue weighted by Gasteiger charge is -2.15. The minimum absolute atomic E-state index is 0.205. The maximum Gasteiger partial charge on any atom is 0.122 e. The molecule has 0 radical (unpaired) electrons. The molecule has 0 bridgehead atoms. The Morgan fingerprint density at radius 1 is 1.30 bits per heavy atom. The summed E-state index contributed by atoms with van der Waals surface area (Å²) in [6.07, 6.45) is 4.66. The van der Waals surface area contributed by atoms with Gasteiger partial charge in [0.15, 0.2) is 0 Å². The molecule has 0 saturated heterocycles. The molecule has 0 saturated carbocycles. The zero-order valence-electron chi connectivity index (χ0n) is 11.6. The summed E-state index contributed by atoms with van der Waals surface area (Å²) in [5.74, 6) is 1.05. The summed E-state index contributed by atoms with van der Waals surface area (Å²) in [4.78, 5) is 6.35. The number of benzene rings is 1. The van der Waals surface area contributed by atoms with E-state index in [0.717, 1.165) is 25.2 Å². The zero-order valence-corrected chi connectivity index (χ0v) is 12.4. The Morgan fingerprint density at radius 3 is 3.10 bits per heavy atom. The highest BCUT2D eigenvalue weighted by atomic mass is 32.1. The minimum Gasteiger partial charge on any atom is -0.493 e. The normalized spacial score (nSPS) is 17.6. The Labute approximate surface area is 123 Å². The van der Waals surface area contributed by atoms with Crippen molar-refractivity contribution in [2.45, 2.75) is 31.7 Å². The maximum atomic E-state index is 5.59. The fourth-order valence-corrected chi connectivity index (χ4v) is 4.44. The summed E-state index contributed by atoms with van der Waals surface area (Å²) < 4.78 is 5.59. The number of aromatic nitrogens is 1. The van der Waals surface area contributed by atoms with Crippen LogP contribution in [0.1, 0.15) is 39.2 Å². The average Bonchev–Trinajstić information content (AvgIpc) is 3.13. The lowest BCUT2D eigenvalue weighted by Crippen LogP contribution is -2.17. The summed E-state index contributed by atoms with van der Waals surface area (Å²) in [5, 5.41) is 4.63. The van der Waals surface area contributed by atoms with Crippen LogP contribution in [0.25, 0.3) is 0 Å². The van der Waals surface area contributed by atoms with Crippen molar-refractivity contribution in [3.8, 4) is 5.75 Å². The first-order valence-corrected chi connectivity index (χ1v) is 8.08. The molecule has 0 amide bonds. The number of hydrogen-bond donors (Lipinski definition) is 1. The van der Waals surface area contributed by atoms with E-state index in [-0.39, 0.29) is 6.04 Å². The Kier molecular flexibility index (Phi) is 3.00. The van der Waals surface area contributed by atoms with Gasteiger partial charge < -0.3 is 10.1 Å². The minimum atomic E-state index is 0.205. The van der Waals surface area contributed by atoms with Gasteiger partial charge in [0.05, 0.1) is 18.3 Å². The van der Waals surface area contributed by atoms with Gasteiger partial charge >= 0.3 is 0 Å². The van der Waals surface area contributed by atoms with E-state index in [2.05, 4.69) is 23.5 Å². The van der Waals surface area contributed by atoms with Gasteiger partial charge in [0.25, 0.3) is 0 Å². The molecule has 1 aliphatic carbocycles. The Morgan fingerprint density at radius 2 is 2.25 bits per heavy atom. The van der Waals surface area contributed by atoms with Crippen LogP contribution >= 0.6 is 11.3 Å². The molecule has 2 aliphatic rings. The highest BCUT2D eigenvalue weighted by molar-refractivity contribution is 7.11. The number of aryl methyl sites for hydroxylation is 2. The number of hydrogen-bond acceptors (Lipinski definition) is 4. The summed E-state index contributed by atoms with van der Waals surface area (Å²) >= 11 is 1.88. The molecule has 0 fully saturated rings. The van der Waals surface area contributed by atoms with Crippen molar-refractivity contribution >= 4 is 11.3 Å². The van der Waals surface area contributed by atoms with Gasteiger partial charge in [-0.2, -0.15) is 0 Å². The highest BCUT2D eigenvalue weighted by Crippen LogP contribution is 2.35. The topological polar surface area (TPSA) is 34.1 Å². The molecule has 2 heterocycles. The van der Waals surface area contributed by atoms with Gasteiger partial charge in [0, 0.05) is 11.3 Å². The van der Waals surface area contributed by atoms with Crippen molar-refractivity contribution in [1.82, 2.24) is 10.3 Å². The van der Waals surface area contributed by atoms with Crippen molar-refractivity contribution in [2.75, 3.05) is 13.7 Å². The summed E-state index contributed by atoms with van der Waals surface area (Å²) in [6, 6.07) is 6.74. The van der Waals surface area contributed by atoms with Gasteiger partial charge in [-0.05, 0) is 49.6 Å². The molecule has 1 aromatic heterocycles. The van der Waals surface area contributed by atoms with Gasteiger partial charge in [0.2, 0.25) is 0 Å². The Balaban J connectivity index is 1.70. The number of nitrogens with one attached hydrogen (secondary N) is 1. The van der Waals surface area contributed by atoms with Crippen LogP contribution in [-0.2, 0) is 19.3 Å². The molecule has 1 unspecified atom stereocenters. The van der Waals surface area contributed by atoms with E-state index in [1.54, 1.807) is 0 Å². The fraction of sp³-hybridized carbons (Fsp3) is 0.438. The van der Waals surface area contributed by atoms with Crippen LogP contribution in [0.5, 0.6) is 5.75 Å². The lowest BCUT2D eigenvalue weighted by atomic mass is 10.0. The second-order valence-corrected chi connectivity index (χ2v) is 6.58. The van der Waals surface area contributed by atoms with E-state index in [4.69, 9.17) is 9.72 Å². The van der Waals surface area contributed by atoms with Gasteiger partial charge in [-0.1, -0.05) is 6.07 Å². The Hall–Kier alpha value is -1.39. The van der Waals surface area contributed by atoms with Crippen LogP contribution in [-0.4, -0.2) is 18.6 Å². The van der Waals surface area contributed by atoms with Gasteiger partial charge in [-0.3, -0.25) is 0 Å². The van der Waals surface area contributed by atoms with Gasteiger partial charge in [-0.15, -0.1) is 11.3 Å². The van der Waals surface area contributed by atoms with Gasteiger partial charge in [0.1, 0.15) is 10.8 Å². The molecule has 2 aromatic rings. The third kappa shape index (κ3) is 1.95. The summed E-state index contributed by atoms with van der Waals surface area (Å²) in [5.41, 5.74) is 3.95. The highest BCUT2D eigenvalue weighted by Gasteiger charge is 2.23. The summed E-state index contributed by atoms with van der Waals surface area (Å²) in [6.45, 7) is 0.814. The van der Waals surface area contributed by atoms with E-state index in [0.29, 0.717) is 0 Å². The number of fused-ring (bicyclic) bond motifs is 2. The molecule has 104 valence electrons. The van der Waals surface area contributed by atoms with Crippen LogP contribution in [0.4, 0.5) is 0 Å². The summed E-state index contributed by atoms with van der Waals surface area (Å²) in [7, 11) is 2.01. The first-order chi connectivity index (χ1) is 9.85. The predicted molar refractivity (Wildman–Crippen MR) is 80.7 cm³/mol. The van der Waals surface area contributed by atoms with Crippen molar-refractivity contribution in [2.24, 2.45) is 0 Å². The molecule has 0 spiro atoms. The van der Waals surface area contributed by atoms with Crippen LogP contribution in [0.3, 0.4) is 0 Å². The van der Waals surface area contributed by atoms with Crippen molar-refractivity contribution < 1.29 is 4.74 Å². The van der Waals surface area contributed by atoms with E-state index in [1.165, 1.54) is 39.5 Å². The quantitative estimate of drug-likeness (QED) is 0.942. The molecular weight excluding hydrogens is 268 g/mol. The predicted octanol–water partition coefficient (Wildman–Crippen LogP) is 2.88. The molecule has 3 nitrogen and oxygen atoms in total. The first-order valence-electron chi connectivity index (χ1n) is 7.26. The molecular formula is C16H18N2OS. The van der Waals surface area contributed by atoms with Crippen LogP contribution < -0.4 is 10.1 Å². The van der Waals surface area contributed by atoms with Gasteiger partial charge in [-0.25, -0.2) is 4.98 Å². The molecule has 20 heavy (non-hydrogen) atoms. The fourth-order valence-electron chi connectivity index (χ4n) is 3.15. The van der Waals surface area contributed by atoms with Crippen molar-refractivity contribution in [1.29, 1.82) is 0 Å². The first kappa shape index (κ1) is 12.4. The lowest BCUT2D eigenvalue weighted by molar-refractivity contribution is 0.357. The molecule has 4 rings (SSSR count). The van der Waals surface area contributed by atoms with E-state index < -0.39 is 0 Å². The van der Waals surface area contributed by atoms with Crippen LogP contribution in [0.2, 0.25) is 0 Å². The number of nitrogens with zero attached hydrogens (tertiary/aromatic N) is 1. The Bertz CT molecular complexity index is 628. The van der Waals surface area contributed by atoms with E-state index >= 15 is 0 Å². The third-order valence-corrected chi connectivity index (χ3v) is 5.42. The maximum absolute atomic E-state index is 5.59. The standard InChI is InChI=1S/C16H18N2OS/c1-17-15(16-18-12-3-2-4-14(12)20-16)11-5-6-13-10(9-11)7-8-19-13/h5-6,9,15,17H,2-4,7-8H2,1H3. The molecule has 1 atom stereocenters. The van der Waals surface area contributed by atoms with Crippen LogP contribution in [0, 0.1) is 0 Å². The number of ether oxygens (including phenoxy) is 1. The SMILES string of the molecule is CNC(c1ccc2c(c1)CCO2)c1nc2c(s1)CCC2. The van der Waals surface area contributed by atoms with Crippen molar-refractivity contribution in [3.63, 3.8) is 0 Å². The third-order valence-electron chi connectivity index (χ3n) is 4.19. The van der Waals surface area contributed by atoms with Crippen molar-refractivity contribution in [3.05, 3.63) is 44.9 Å². The van der Waals surface area contributed by atoms with E-state index in [1.807, 2.05) is 18.4 Å². The number of thiazole rings is 1. The molecule has 1 aromatic carbocycles. The number of rotatable bonds is 3. The smallest absolute Gasteiger partial charge is 0.122 e. The van der Waals surface area contributed by atoms with Crippen LogP contribution in [0.15, 0.2) is 18.2 Å². The average molecular weight is 286 g/mol. The molecule has 1 N–H and O–H groups in total. The monoisotopic (exact) mass is 286 g/mol. The second kappa shape index (κ2) is 4.86. The second-order valence-electron chi connectivity index (χ2n) is 5.46. The molecule has 4 heteroatoms. The van der Waals surface area contributed by atoms with E-state index in [9.17, 15) is 0 Å². The largest absolute Gasteiger partial charge is 0.493 e. The zero-order chi connectivity index (χ0) is 13.5. The molecule has 1 aliphatic heterocycles.